The minimum absolute atomic E-state index is 0.00553. The SMILES string of the molecule is C[C@H](O[Si](C)(C)C(C)(C)C)[C@@H](Nc1ccc(C#N)c(Cl)c1)c1nnc(-c2ccc(N3CCN(C(=O)O)CC3)cc2)o1. The predicted molar refractivity (Wildman–Crippen MR) is 162 cm³/mol. The summed E-state index contributed by atoms with van der Waals surface area (Å²) in [6.45, 7) is 15.2. The van der Waals surface area contributed by atoms with Gasteiger partial charge in [0.25, 0.3) is 0 Å². The molecule has 0 spiro atoms. The summed E-state index contributed by atoms with van der Waals surface area (Å²) in [5, 5.41) is 31.0. The Morgan fingerprint density at radius 1 is 1.15 bits per heavy atom. The molecule has 10 nitrogen and oxygen atoms in total. The number of carbonyl (C=O) groups is 1. The molecule has 1 aromatic heterocycles. The Morgan fingerprint density at radius 2 is 1.80 bits per heavy atom. The van der Waals surface area contributed by atoms with E-state index in [9.17, 15) is 15.2 Å². The summed E-state index contributed by atoms with van der Waals surface area (Å²) < 4.78 is 12.9. The summed E-state index contributed by atoms with van der Waals surface area (Å²) in [6.07, 6.45) is -1.20. The maximum atomic E-state index is 11.2. The van der Waals surface area contributed by atoms with Gasteiger partial charge in [-0.1, -0.05) is 32.4 Å². The molecule has 1 amide bonds. The van der Waals surface area contributed by atoms with Crippen LogP contribution < -0.4 is 10.2 Å². The number of nitrogens with zero attached hydrogens (tertiary/aromatic N) is 5. The number of hydrogen-bond acceptors (Lipinski definition) is 8. The fourth-order valence-electron chi connectivity index (χ4n) is 4.41. The zero-order chi connectivity index (χ0) is 29.9. The third-order valence-corrected chi connectivity index (χ3v) is 12.8. The summed E-state index contributed by atoms with van der Waals surface area (Å²) in [5.74, 6) is 0.756. The summed E-state index contributed by atoms with van der Waals surface area (Å²) in [7, 11) is -2.14. The highest BCUT2D eigenvalue weighted by molar-refractivity contribution is 6.74. The first-order valence-corrected chi connectivity index (χ1v) is 16.9. The van der Waals surface area contributed by atoms with Gasteiger partial charge < -0.3 is 29.1 Å². The van der Waals surface area contributed by atoms with Gasteiger partial charge in [0, 0.05) is 43.1 Å². The number of nitriles is 1. The van der Waals surface area contributed by atoms with Crippen molar-refractivity contribution in [2.24, 2.45) is 0 Å². The molecule has 0 saturated carbocycles. The highest BCUT2D eigenvalue weighted by atomic mass is 35.5. The Hall–Kier alpha value is -3.59. The molecule has 0 radical (unpaired) electrons. The molecule has 1 fully saturated rings. The highest BCUT2D eigenvalue weighted by Gasteiger charge is 2.41. The van der Waals surface area contributed by atoms with Crippen molar-refractivity contribution in [2.75, 3.05) is 36.4 Å². The maximum Gasteiger partial charge on any atom is 0.407 e. The number of aromatic nitrogens is 2. The number of piperazine rings is 1. The van der Waals surface area contributed by atoms with Gasteiger partial charge in [0.15, 0.2) is 8.32 Å². The molecule has 1 aliphatic rings. The van der Waals surface area contributed by atoms with Gasteiger partial charge >= 0.3 is 6.09 Å². The monoisotopic (exact) mass is 596 g/mol. The summed E-state index contributed by atoms with van der Waals surface area (Å²) in [4.78, 5) is 14.8. The number of hydrogen-bond donors (Lipinski definition) is 2. The van der Waals surface area contributed by atoms with Crippen molar-refractivity contribution in [3.8, 4) is 17.5 Å². The van der Waals surface area contributed by atoms with E-state index in [1.807, 2.05) is 31.2 Å². The normalized spacial score (nSPS) is 15.8. The van der Waals surface area contributed by atoms with Crippen LogP contribution in [0.3, 0.4) is 0 Å². The van der Waals surface area contributed by atoms with Crippen molar-refractivity contribution in [3.63, 3.8) is 0 Å². The quantitative estimate of drug-likeness (QED) is 0.275. The average molecular weight is 597 g/mol. The van der Waals surface area contributed by atoms with Crippen molar-refractivity contribution in [1.29, 1.82) is 5.26 Å². The van der Waals surface area contributed by atoms with Crippen LogP contribution in [0.4, 0.5) is 16.2 Å². The Bertz CT molecular complexity index is 1410. The second kappa shape index (κ2) is 12.1. The van der Waals surface area contributed by atoms with Gasteiger partial charge in [0.05, 0.1) is 16.7 Å². The first-order valence-electron chi connectivity index (χ1n) is 13.6. The summed E-state index contributed by atoms with van der Waals surface area (Å²) in [5.41, 5.74) is 2.88. The molecule has 12 heteroatoms. The van der Waals surface area contributed by atoms with Crippen molar-refractivity contribution in [3.05, 3.63) is 58.9 Å². The minimum atomic E-state index is -2.14. The van der Waals surface area contributed by atoms with Crippen LogP contribution in [-0.4, -0.2) is 66.9 Å². The topological polar surface area (TPSA) is 128 Å². The Morgan fingerprint density at radius 3 is 2.37 bits per heavy atom. The van der Waals surface area contributed by atoms with Crippen molar-refractivity contribution in [2.45, 2.75) is 58.0 Å². The molecule has 218 valence electrons. The summed E-state index contributed by atoms with van der Waals surface area (Å²) >= 11 is 6.31. The lowest BCUT2D eigenvalue weighted by molar-refractivity contribution is 0.142. The number of carboxylic acid groups (broad SMARTS) is 1. The zero-order valence-electron chi connectivity index (χ0n) is 24.3. The summed E-state index contributed by atoms with van der Waals surface area (Å²) in [6, 6.07) is 14.6. The van der Waals surface area contributed by atoms with Crippen LogP contribution in [0, 0.1) is 11.3 Å². The Kier molecular flexibility index (Phi) is 8.96. The molecule has 2 N–H and O–H groups in total. The second-order valence-corrected chi connectivity index (χ2v) is 16.9. The van der Waals surface area contributed by atoms with Crippen LogP contribution in [-0.2, 0) is 4.43 Å². The van der Waals surface area contributed by atoms with Crippen LogP contribution in [0.15, 0.2) is 46.9 Å². The van der Waals surface area contributed by atoms with Crippen LogP contribution >= 0.6 is 11.6 Å². The van der Waals surface area contributed by atoms with E-state index in [0.29, 0.717) is 54.2 Å². The lowest BCUT2D eigenvalue weighted by Crippen LogP contribution is -2.48. The lowest BCUT2D eigenvalue weighted by Gasteiger charge is -2.40. The number of rotatable bonds is 8. The number of halogens is 1. The van der Waals surface area contributed by atoms with E-state index < -0.39 is 20.5 Å². The zero-order valence-corrected chi connectivity index (χ0v) is 26.1. The van der Waals surface area contributed by atoms with Gasteiger partial charge in [-0.25, -0.2) is 4.79 Å². The minimum Gasteiger partial charge on any atom is -0.465 e. The second-order valence-electron chi connectivity index (χ2n) is 11.8. The molecular formula is C29H37ClN6O4Si. The molecule has 3 aromatic rings. The van der Waals surface area contributed by atoms with Gasteiger partial charge in [0.1, 0.15) is 12.1 Å². The van der Waals surface area contributed by atoms with Gasteiger partial charge in [-0.3, -0.25) is 0 Å². The molecule has 2 atom stereocenters. The van der Waals surface area contributed by atoms with Gasteiger partial charge in [0.2, 0.25) is 11.8 Å². The standard InChI is InChI=1S/C29H37ClN6O4Si/c1-19(40-41(5,6)29(2,3)4)25(32-22-10-7-21(18-31)24(30)17-22)27-34-33-26(39-27)20-8-11-23(12-9-20)35-13-15-36(16-14-35)28(37)38/h7-12,17,19,25,32H,13-16H2,1-6H3,(H,37,38)/t19-,25+/m0/s1. The average Bonchev–Trinajstić information content (AvgIpc) is 3.41. The fourth-order valence-corrected chi connectivity index (χ4v) is 6.05. The molecule has 4 rings (SSSR count). The number of anilines is 2. The van der Waals surface area contributed by atoms with E-state index in [-0.39, 0.29) is 11.1 Å². The third-order valence-electron chi connectivity index (χ3n) is 7.90. The lowest BCUT2D eigenvalue weighted by atomic mass is 10.1. The molecule has 0 aliphatic carbocycles. The largest absolute Gasteiger partial charge is 0.465 e. The van der Waals surface area contributed by atoms with Crippen LogP contribution in [0.5, 0.6) is 0 Å². The maximum absolute atomic E-state index is 11.2. The predicted octanol–water partition coefficient (Wildman–Crippen LogP) is 6.63. The molecule has 2 aromatic carbocycles. The van der Waals surface area contributed by atoms with E-state index in [4.69, 9.17) is 20.4 Å². The van der Waals surface area contributed by atoms with E-state index >= 15 is 0 Å². The van der Waals surface area contributed by atoms with Gasteiger partial charge in [-0.2, -0.15) is 5.26 Å². The fraction of sp³-hybridized carbons (Fsp3) is 0.448. The number of benzene rings is 2. The Labute approximate surface area is 247 Å². The van der Waals surface area contributed by atoms with Crippen LogP contribution in [0.2, 0.25) is 23.2 Å². The number of nitrogens with one attached hydrogen (secondary N) is 1. The molecule has 1 aliphatic heterocycles. The van der Waals surface area contributed by atoms with E-state index in [1.54, 1.807) is 18.2 Å². The van der Waals surface area contributed by atoms with E-state index in [2.05, 4.69) is 60.3 Å². The smallest absolute Gasteiger partial charge is 0.407 e. The van der Waals surface area contributed by atoms with Crippen LogP contribution in [0.1, 0.15) is 45.2 Å². The Balaban J connectivity index is 1.56. The molecule has 41 heavy (non-hydrogen) atoms. The van der Waals surface area contributed by atoms with Crippen LogP contribution in [0.25, 0.3) is 11.5 Å². The van der Waals surface area contributed by atoms with Gasteiger partial charge in [-0.05, 0) is 67.5 Å². The van der Waals surface area contributed by atoms with Crippen molar-refractivity contribution < 1.29 is 18.7 Å². The number of amides is 1. The third kappa shape index (κ3) is 7.01. The molecule has 2 heterocycles. The van der Waals surface area contributed by atoms with E-state index in [1.165, 1.54) is 4.90 Å². The molecule has 1 saturated heterocycles. The first-order chi connectivity index (χ1) is 19.3. The molecule has 0 unspecified atom stereocenters. The van der Waals surface area contributed by atoms with E-state index in [0.717, 1.165) is 11.3 Å². The molecular weight excluding hydrogens is 560 g/mol. The highest BCUT2D eigenvalue weighted by Crippen LogP contribution is 2.39. The molecule has 0 bridgehead atoms. The van der Waals surface area contributed by atoms with Crippen molar-refractivity contribution in [1.82, 2.24) is 15.1 Å². The van der Waals surface area contributed by atoms with Crippen molar-refractivity contribution >= 4 is 37.4 Å². The first kappa shape index (κ1) is 30.4. The van der Waals surface area contributed by atoms with Gasteiger partial charge in [-0.15, -0.1) is 10.2 Å².